The Balaban J connectivity index is 2.08. The zero-order valence-electron chi connectivity index (χ0n) is 10.8. The summed E-state index contributed by atoms with van der Waals surface area (Å²) in [5.41, 5.74) is 6.89. The number of amides is 3. The molecule has 1 aromatic carbocycles. The second kappa shape index (κ2) is 5.70. The van der Waals surface area contributed by atoms with Crippen LogP contribution in [0.3, 0.4) is 0 Å². The zero-order valence-corrected chi connectivity index (χ0v) is 10.8. The van der Waals surface area contributed by atoms with Crippen LogP contribution in [-0.4, -0.2) is 41.0 Å². The van der Waals surface area contributed by atoms with Crippen molar-refractivity contribution >= 4 is 17.9 Å². The van der Waals surface area contributed by atoms with Crippen molar-refractivity contribution in [2.45, 2.75) is 13.0 Å². The molecule has 0 saturated heterocycles. The van der Waals surface area contributed by atoms with Crippen LogP contribution in [0.5, 0.6) is 0 Å². The van der Waals surface area contributed by atoms with Gasteiger partial charge in [0.2, 0.25) is 5.91 Å². The third kappa shape index (κ3) is 3.12. The van der Waals surface area contributed by atoms with Crippen LogP contribution in [0.2, 0.25) is 0 Å². The summed E-state index contributed by atoms with van der Waals surface area (Å²) in [7, 11) is 0. The Kier molecular flexibility index (Phi) is 3.99. The van der Waals surface area contributed by atoms with Gasteiger partial charge in [0.15, 0.2) is 0 Å². The SMILES string of the molecule is NC(=O)NC(=O)CN1CCc2c(cccc2C(=O)O)C1. The fourth-order valence-electron chi connectivity index (χ4n) is 2.38. The molecular weight excluding hydrogens is 262 g/mol. The number of urea groups is 1. The smallest absolute Gasteiger partial charge is 0.335 e. The number of hydrogen-bond acceptors (Lipinski definition) is 4. The summed E-state index contributed by atoms with van der Waals surface area (Å²) in [6.45, 7) is 1.09. The highest BCUT2D eigenvalue weighted by Gasteiger charge is 2.22. The number of carboxylic acid groups (broad SMARTS) is 1. The summed E-state index contributed by atoms with van der Waals surface area (Å²) in [6, 6.07) is 4.24. The first-order chi connectivity index (χ1) is 9.47. The number of nitrogens with one attached hydrogen (secondary N) is 1. The number of carbonyl (C=O) groups is 3. The Morgan fingerprint density at radius 2 is 2.10 bits per heavy atom. The fourth-order valence-corrected chi connectivity index (χ4v) is 2.38. The molecule has 2 rings (SSSR count). The molecule has 0 saturated carbocycles. The summed E-state index contributed by atoms with van der Waals surface area (Å²) in [6.07, 6.45) is 0.557. The Bertz CT molecular complexity index is 571. The average Bonchev–Trinajstić information content (AvgIpc) is 2.36. The largest absolute Gasteiger partial charge is 0.478 e. The molecule has 0 unspecified atom stereocenters. The van der Waals surface area contributed by atoms with Gasteiger partial charge in [0, 0.05) is 13.1 Å². The first kappa shape index (κ1) is 14.0. The van der Waals surface area contributed by atoms with Gasteiger partial charge < -0.3 is 10.8 Å². The standard InChI is InChI=1S/C13H15N3O4/c14-13(20)15-11(17)7-16-5-4-9-8(6-16)2-1-3-10(9)12(18)19/h1-3H,4-7H2,(H,18,19)(H3,14,15,17,20). The van der Waals surface area contributed by atoms with E-state index < -0.39 is 17.9 Å². The lowest BCUT2D eigenvalue weighted by Crippen LogP contribution is -2.43. The molecule has 0 fully saturated rings. The lowest BCUT2D eigenvalue weighted by atomic mass is 9.94. The van der Waals surface area contributed by atoms with E-state index in [-0.39, 0.29) is 6.54 Å². The Hall–Kier alpha value is -2.41. The molecule has 7 nitrogen and oxygen atoms in total. The molecule has 0 aliphatic carbocycles. The van der Waals surface area contributed by atoms with E-state index >= 15 is 0 Å². The molecule has 0 aromatic heterocycles. The van der Waals surface area contributed by atoms with Crippen molar-refractivity contribution in [1.29, 1.82) is 0 Å². The summed E-state index contributed by atoms with van der Waals surface area (Å²) in [5, 5.41) is 11.1. The number of nitrogens with two attached hydrogens (primary N) is 1. The lowest BCUT2D eigenvalue weighted by Gasteiger charge is -2.28. The molecule has 106 valence electrons. The summed E-state index contributed by atoms with van der Waals surface area (Å²) >= 11 is 0. The lowest BCUT2D eigenvalue weighted by molar-refractivity contribution is -0.121. The van der Waals surface area contributed by atoms with E-state index in [0.29, 0.717) is 25.1 Å². The minimum Gasteiger partial charge on any atom is -0.478 e. The monoisotopic (exact) mass is 277 g/mol. The van der Waals surface area contributed by atoms with Crippen LogP contribution in [0.15, 0.2) is 18.2 Å². The van der Waals surface area contributed by atoms with Crippen molar-refractivity contribution < 1.29 is 19.5 Å². The molecule has 4 N–H and O–H groups in total. The average molecular weight is 277 g/mol. The number of hydrogen-bond donors (Lipinski definition) is 3. The molecule has 7 heteroatoms. The zero-order chi connectivity index (χ0) is 14.7. The van der Waals surface area contributed by atoms with E-state index in [1.165, 1.54) is 0 Å². The number of nitrogens with zero attached hydrogens (tertiary/aromatic N) is 1. The van der Waals surface area contributed by atoms with Crippen LogP contribution in [-0.2, 0) is 17.8 Å². The van der Waals surface area contributed by atoms with E-state index in [2.05, 4.69) is 0 Å². The quantitative estimate of drug-likeness (QED) is 0.716. The van der Waals surface area contributed by atoms with Gasteiger partial charge in [-0.3, -0.25) is 15.0 Å². The van der Waals surface area contributed by atoms with Gasteiger partial charge in [0.1, 0.15) is 0 Å². The second-order valence-corrected chi connectivity index (χ2v) is 4.62. The molecule has 3 amide bonds. The van der Waals surface area contributed by atoms with Crippen LogP contribution < -0.4 is 11.1 Å². The van der Waals surface area contributed by atoms with Crippen LogP contribution >= 0.6 is 0 Å². The maximum atomic E-state index is 11.5. The van der Waals surface area contributed by atoms with Gasteiger partial charge >= 0.3 is 12.0 Å². The molecule has 0 atom stereocenters. The van der Waals surface area contributed by atoms with Crippen molar-refractivity contribution in [3.8, 4) is 0 Å². The molecule has 0 spiro atoms. The predicted octanol–water partition coefficient (Wildman–Crippen LogP) is -0.0622. The van der Waals surface area contributed by atoms with E-state index in [0.717, 1.165) is 11.1 Å². The van der Waals surface area contributed by atoms with Crippen molar-refractivity contribution in [3.63, 3.8) is 0 Å². The number of primary amides is 1. The first-order valence-corrected chi connectivity index (χ1v) is 6.13. The molecule has 0 bridgehead atoms. The number of imide groups is 1. The second-order valence-electron chi connectivity index (χ2n) is 4.62. The van der Waals surface area contributed by atoms with Crippen molar-refractivity contribution in [2.24, 2.45) is 5.73 Å². The van der Waals surface area contributed by atoms with Crippen LogP contribution in [0, 0.1) is 0 Å². The van der Waals surface area contributed by atoms with E-state index in [1.54, 1.807) is 12.1 Å². The maximum absolute atomic E-state index is 11.5. The minimum atomic E-state index is -0.943. The number of carboxylic acids is 1. The Labute approximate surface area is 115 Å². The Morgan fingerprint density at radius 3 is 2.75 bits per heavy atom. The van der Waals surface area contributed by atoms with Gasteiger partial charge in [-0.15, -0.1) is 0 Å². The van der Waals surface area contributed by atoms with Crippen molar-refractivity contribution in [1.82, 2.24) is 10.2 Å². The molecule has 1 aliphatic rings. The van der Waals surface area contributed by atoms with Gasteiger partial charge in [0.05, 0.1) is 12.1 Å². The number of aromatic carboxylic acids is 1. The highest BCUT2D eigenvalue weighted by atomic mass is 16.4. The molecule has 1 heterocycles. The van der Waals surface area contributed by atoms with Gasteiger partial charge in [0.25, 0.3) is 0 Å². The Morgan fingerprint density at radius 1 is 1.35 bits per heavy atom. The van der Waals surface area contributed by atoms with E-state index in [4.69, 9.17) is 10.8 Å². The predicted molar refractivity (Wildman–Crippen MR) is 70.1 cm³/mol. The van der Waals surface area contributed by atoms with Gasteiger partial charge in [-0.25, -0.2) is 9.59 Å². The van der Waals surface area contributed by atoms with Crippen LogP contribution in [0.25, 0.3) is 0 Å². The normalized spacial score (nSPS) is 14.4. The molecule has 20 heavy (non-hydrogen) atoms. The van der Waals surface area contributed by atoms with Gasteiger partial charge in [-0.2, -0.15) is 0 Å². The number of rotatable bonds is 3. The summed E-state index contributed by atoms with van der Waals surface area (Å²) < 4.78 is 0. The molecular formula is C13H15N3O4. The van der Waals surface area contributed by atoms with Gasteiger partial charge in [-0.05, 0) is 23.6 Å². The fraction of sp³-hybridized carbons (Fsp3) is 0.308. The minimum absolute atomic E-state index is 0.0552. The third-order valence-electron chi connectivity index (χ3n) is 3.21. The van der Waals surface area contributed by atoms with Crippen molar-refractivity contribution in [2.75, 3.05) is 13.1 Å². The highest BCUT2D eigenvalue weighted by molar-refractivity contribution is 5.94. The summed E-state index contributed by atoms with van der Waals surface area (Å²) in [5.74, 6) is -1.41. The molecule has 1 aliphatic heterocycles. The van der Waals surface area contributed by atoms with E-state index in [9.17, 15) is 14.4 Å². The topological polar surface area (TPSA) is 113 Å². The number of fused-ring (bicyclic) bond motifs is 1. The number of carbonyl (C=O) groups excluding carboxylic acids is 2. The van der Waals surface area contributed by atoms with Crippen LogP contribution in [0.1, 0.15) is 21.5 Å². The molecule has 1 aromatic rings. The number of benzene rings is 1. The highest BCUT2D eigenvalue weighted by Crippen LogP contribution is 2.22. The van der Waals surface area contributed by atoms with Crippen molar-refractivity contribution in [3.05, 3.63) is 34.9 Å². The van der Waals surface area contributed by atoms with Gasteiger partial charge in [-0.1, -0.05) is 12.1 Å². The first-order valence-electron chi connectivity index (χ1n) is 6.13. The molecule has 0 radical (unpaired) electrons. The summed E-state index contributed by atoms with van der Waals surface area (Å²) in [4.78, 5) is 35.0. The maximum Gasteiger partial charge on any atom is 0.335 e. The third-order valence-corrected chi connectivity index (χ3v) is 3.21. The van der Waals surface area contributed by atoms with E-state index in [1.807, 2.05) is 16.3 Å². The van der Waals surface area contributed by atoms with Crippen LogP contribution in [0.4, 0.5) is 4.79 Å².